The number of hydrogen-bond acceptors (Lipinski definition) is 5. The van der Waals surface area contributed by atoms with Crippen molar-refractivity contribution in [1.82, 2.24) is 15.0 Å². The summed E-state index contributed by atoms with van der Waals surface area (Å²) in [5.41, 5.74) is 9.03. The van der Waals surface area contributed by atoms with E-state index in [9.17, 15) is 0 Å². The lowest BCUT2D eigenvalue weighted by Gasteiger charge is -2.08. The molecule has 0 aliphatic heterocycles. The number of hydrogen-bond donors (Lipinski definition) is 1. The molecule has 3 rings (SSSR count). The van der Waals surface area contributed by atoms with Crippen LogP contribution in [-0.4, -0.2) is 27.2 Å². The lowest BCUT2D eigenvalue weighted by Crippen LogP contribution is -2.01. The van der Waals surface area contributed by atoms with E-state index in [4.69, 9.17) is 10.7 Å². The standard InChI is InChI=1S/C17H16N4S/c18-7-10-22-13-11-16(14-5-1-3-8-19-14)21-17(12-13)15-6-2-4-9-20-15/h1-6,8-9,11-12H,7,10,18H2. The lowest BCUT2D eigenvalue weighted by atomic mass is 10.2. The van der Waals surface area contributed by atoms with E-state index >= 15 is 0 Å². The number of pyridine rings is 3. The molecule has 5 heteroatoms. The van der Waals surface area contributed by atoms with Gasteiger partial charge in [0, 0.05) is 29.6 Å². The maximum Gasteiger partial charge on any atom is 0.0905 e. The van der Waals surface area contributed by atoms with E-state index in [1.165, 1.54) is 0 Å². The molecule has 0 aliphatic carbocycles. The van der Waals surface area contributed by atoms with Gasteiger partial charge in [-0.25, -0.2) is 4.98 Å². The largest absolute Gasteiger partial charge is 0.330 e. The quantitative estimate of drug-likeness (QED) is 0.733. The van der Waals surface area contributed by atoms with Crippen LogP contribution in [-0.2, 0) is 0 Å². The second-order valence-electron chi connectivity index (χ2n) is 4.64. The van der Waals surface area contributed by atoms with Gasteiger partial charge in [-0.2, -0.15) is 0 Å². The zero-order valence-electron chi connectivity index (χ0n) is 12.0. The van der Waals surface area contributed by atoms with E-state index in [2.05, 4.69) is 22.1 Å². The number of nitrogens with two attached hydrogens (primary N) is 1. The zero-order valence-corrected chi connectivity index (χ0v) is 12.8. The van der Waals surface area contributed by atoms with Crippen LogP contribution in [0.25, 0.3) is 22.8 Å². The van der Waals surface area contributed by atoms with Crippen LogP contribution in [0.4, 0.5) is 0 Å². The fraction of sp³-hybridized carbons (Fsp3) is 0.118. The zero-order chi connectivity index (χ0) is 15.2. The molecule has 2 N–H and O–H groups in total. The minimum Gasteiger partial charge on any atom is -0.330 e. The van der Waals surface area contributed by atoms with Crippen LogP contribution in [0.3, 0.4) is 0 Å². The third-order valence-corrected chi connectivity index (χ3v) is 4.05. The minimum atomic E-state index is 0.644. The highest BCUT2D eigenvalue weighted by atomic mass is 32.2. The van der Waals surface area contributed by atoms with E-state index in [-0.39, 0.29) is 0 Å². The van der Waals surface area contributed by atoms with Gasteiger partial charge in [-0.15, -0.1) is 11.8 Å². The van der Waals surface area contributed by atoms with Crippen LogP contribution in [0.5, 0.6) is 0 Å². The first-order valence-electron chi connectivity index (χ1n) is 7.04. The monoisotopic (exact) mass is 308 g/mol. The Balaban J connectivity index is 2.06. The third-order valence-electron chi connectivity index (χ3n) is 3.04. The Hall–Kier alpha value is -2.24. The Kier molecular flexibility index (Phi) is 4.78. The Bertz CT molecular complexity index is 674. The summed E-state index contributed by atoms with van der Waals surface area (Å²) >= 11 is 1.72. The summed E-state index contributed by atoms with van der Waals surface area (Å²) in [4.78, 5) is 14.6. The van der Waals surface area contributed by atoms with E-state index < -0.39 is 0 Å². The van der Waals surface area contributed by atoms with Gasteiger partial charge in [0.15, 0.2) is 0 Å². The topological polar surface area (TPSA) is 64.7 Å². The molecule has 0 fully saturated rings. The maximum atomic E-state index is 5.61. The number of thioether (sulfide) groups is 1. The van der Waals surface area contributed by atoms with Crippen LogP contribution in [0.1, 0.15) is 0 Å². The molecule has 4 nitrogen and oxygen atoms in total. The number of rotatable bonds is 5. The summed E-state index contributed by atoms with van der Waals surface area (Å²) in [7, 11) is 0. The fourth-order valence-corrected chi connectivity index (χ4v) is 2.80. The molecule has 110 valence electrons. The molecule has 0 bridgehead atoms. The van der Waals surface area contributed by atoms with Gasteiger partial charge in [0.1, 0.15) is 0 Å². The fourth-order valence-electron chi connectivity index (χ4n) is 2.06. The molecule has 3 heterocycles. The molecular weight excluding hydrogens is 292 g/mol. The summed E-state index contributed by atoms with van der Waals surface area (Å²) in [6.07, 6.45) is 3.55. The maximum absolute atomic E-state index is 5.61. The van der Waals surface area contributed by atoms with Crippen molar-refractivity contribution >= 4 is 11.8 Å². The highest BCUT2D eigenvalue weighted by Gasteiger charge is 2.08. The van der Waals surface area contributed by atoms with Crippen molar-refractivity contribution in [2.45, 2.75) is 4.90 Å². The van der Waals surface area contributed by atoms with Crippen molar-refractivity contribution < 1.29 is 0 Å². The Morgan fingerprint density at radius 2 is 1.41 bits per heavy atom. The average molecular weight is 308 g/mol. The predicted octanol–water partition coefficient (Wildman–Crippen LogP) is 3.26. The van der Waals surface area contributed by atoms with Gasteiger partial charge in [-0.05, 0) is 36.4 Å². The Morgan fingerprint density at radius 3 is 1.86 bits per heavy atom. The van der Waals surface area contributed by atoms with Crippen molar-refractivity contribution in [2.75, 3.05) is 12.3 Å². The minimum absolute atomic E-state index is 0.644. The van der Waals surface area contributed by atoms with Crippen LogP contribution in [0, 0.1) is 0 Å². The summed E-state index contributed by atoms with van der Waals surface area (Å²) in [6, 6.07) is 15.7. The third kappa shape index (κ3) is 3.50. The van der Waals surface area contributed by atoms with Crippen molar-refractivity contribution in [3.8, 4) is 22.8 Å². The average Bonchev–Trinajstić information content (AvgIpc) is 2.61. The van der Waals surface area contributed by atoms with Crippen LogP contribution < -0.4 is 5.73 Å². The molecule has 0 saturated heterocycles. The van der Waals surface area contributed by atoms with Gasteiger partial charge < -0.3 is 5.73 Å². The van der Waals surface area contributed by atoms with E-state index in [0.717, 1.165) is 33.4 Å². The van der Waals surface area contributed by atoms with Crippen molar-refractivity contribution in [3.63, 3.8) is 0 Å². The number of nitrogens with zero attached hydrogens (tertiary/aromatic N) is 3. The van der Waals surface area contributed by atoms with Crippen molar-refractivity contribution in [3.05, 3.63) is 60.9 Å². The van der Waals surface area contributed by atoms with Crippen LogP contribution in [0.2, 0.25) is 0 Å². The Labute approximate surface area is 133 Å². The van der Waals surface area contributed by atoms with Gasteiger partial charge >= 0.3 is 0 Å². The molecule has 0 aliphatic rings. The SMILES string of the molecule is NCCSc1cc(-c2ccccn2)nc(-c2ccccn2)c1. The molecule has 0 amide bonds. The summed E-state index contributed by atoms with van der Waals surface area (Å²) in [5, 5.41) is 0. The lowest BCUT2D eigenvalue weighted by molar-refractivity contribution is 1.14. The van der Waals surface area contributed by atoms with Crippen molar-refractivity contribution in [2.24, 2.45) is 5.73 Å². The predicted molar refractivity (Wildman–Crippen MR) is 90.5 cm³/mol. The highest BCUT2D eigenvalue weighted by Crippen LogP contribution is 2.27. The molecule has 0 atom stereocenters. The molecule has 3 aromatic heterocycles. The molecule has 0 unspecified atom stereocenters. The molecule has 22 heavy (non-hydrogen) atoms. The van der Waals surface area contributed by atoms with Gasteiger partial charge in [0.25, 0.3) is 0 Å². The molecule has 0 spiro atoms. The smallest absolute Gasteiger partial charge is 0.0905 e. The van der Waals surface area contributed by atoms with Crippen LogP contribution >= 0.6 is 11.8 Å². The first kappa shape index (κ1) is 14.7. The van der Waals surface area contributed by atoms with Gasteiger partial charge in [-0.3, -0.25) is 9.97 Å². The molecule has 0 radical (unpaired) electrons. The van der Waals surface area contributed by atoms with E-state index in [1.54, 1.807) is 24.2 Å². The highest BCUT2D eigenvalue weighted by molar-refractivity contribution is 7.99. The first-order valence-corrected chi connectivity index (χ1v) is 8.03. The second kappa shape index (κ2) is 7.15. The van der Waals surface area contributed by atoms with E-state index in [1.807, 2.05) is 36.4 Å². The van der Waals surface area contributed by atoms with Gasteiger partial charge in [0.05, 0.1) is 22.8 Å². The normalized spacial score (nSPS) is 10.6. The Morgan fingerprint density at radius 1 is 0.818 bits per heavy atom. The molecule has 3 aromatic rings. The van der Waals surface area contributed by atoms with Crippen molar-refractivity contribution in [1.29, 1.82) is 0 Å². The summed E-state index contributed by atoms with van der Waals surface area (Å²) in [6.45, 7) is 0.644. The first-order chi connectivity index (χ1) is 10.9. The van der Waals surface area contributed by atoms with Gasteiger partial charge in [-0.1, -0.05) is 12.1 Å². The summed E-state index contributed by atoms with van der Waals surface area (Å²) < 4.78 is 0. The molecular formula is C17H16N4S. The van der Waals surface area contributed by atoms with Crippen LogP contribution in [0.15, 0.2) is 65.8 Å². The summed E-state index contributed by atoms with van der Waals surface area (Å²) in [5.74, 6) is 0.868. The molecule has 0 aromatic carbocycles. The second-order valence-corrected chi connectivity index (χ2v) is 5.81. The van der Waals surface area contributed by atoms with Gasteiger partial charge in [0.2, 0.25) is 0 Å². The van der Waals surface area contributed by atoms with E-state index in [0.29, 0.717) is 6.54 Å². The molecule has 0 saturated carbocycles. The number of aromatic nitrogens is 3.